The number of carbonyl (C=O) groups is 1. The molecule has 1 N–H and O–H groups in total. The monoisotopic (exact) mass is 367 g/mol. The van der Waals surface area contributed by atoms with Gasteiger partial charge >= 0.3 is 0 Å². The van der Waals surface area contributed by atoms with E-state index >= 15 is 0 Å². The Kier molecular flexibility index (Phi) is 4.62. The number of nitrogens with one attached hydrogen (secondary N) is 1. The summed E-state index contributed by atoms with van der Waals surface area (Å²) in [7, 11) is -4.87. The van der Waals surface area contributed by atoms with Crippen LogP contribution in [0.1, 0.15) is 10.4 Å². The predicted molar refractivity (Wildman–Crippen MR) is 73.7 cm³/mol. The van der Waals surface area contributed by atoms with Crippen LogP contribution in [0.25, 0.3) is 0 Å². The average molecular weight is 368 g/mol. The van der Waals surface area contributed by atoms with Crippen LogP contribution < -0.4 is 4.72 Å². The quantitative estimate of drug-likeness (QED) is 0.665. The fraction of sp³-hybridized carbons (Fsp3) is 0. The van der Waals surface area contributed by atoms with E-state index in [-0.39, 0.29) is 0 Å². The number of carbonyl (C=O) groups excluding carboxylic acids is 1. The molecule has 0 aliphatic carbocycles. The molecule has 0 spiro atoms. The van der Waals surface area contributed by atoms with Crippen molar-refractivity contribution in [2.24, 2.45) is 0 Å². The second-order valence-corrected chi connectivity index (χ2v) is 6.18. The SMILES string of the molecule is O=C(Cl)c1c(F)ccc(NS(=O)(=O)c2c(F)cccc2F)c1F. The van der Waals surface area contributed by atoms with Crippen LogP contribution in [-0.2, 0) is 10.0 Å². The average Bonchev–Trinajstić information content (AvgIpc) is 2.41. The lowest BCUT2D eigenvalue weighted by Gasteiger charge is -2.11. The van der Waals surface area contributed by atoms with Gasteiger partial charge in [-0.2, -0.15) is 0 Å². The molecule has 0 aromatic heterocycles. The zero-order valence-electron chi connectivity index (χ0n) is 10.9. The number of anilines is 1. The van der Waals surface area contributed by atoms with Crippen LogP contribution in [0.3, 0.4) is 0 Å². The van der Waals surface area contributed by atoms with E-state index in [9.17, 15) is 30.8 Å². The Labute approximate surface area is 132 Å². The van der Waals surface area contributed by atoms with Crippen molar-refractivity contribution in [1.82, 2.24) is 0 Å². The molecular weight excluding hydrogens is 362 g/mol. The third-order valence-corrected chi connectivity index (χ3v) is 4.32. The van der Waals surface area contributed by atoms with Crippen molar-refractivity contribution < 1.29 is 30.8 Å². The summed E-state index contributed by atoms with van der Waals surface area (Å²) in [5, 5.41) is -1.50. The zero-order valence-corrected chi connectivity index (χ0v) is 12.5. The molecule has 2 rings (SSSR count). The number of hydrogen-bond donors (Lipinski definition) is 1. The lowest BCUT2D eigenvalue weighted by atomic mass is 10.2. The summed E-state index contributed by atoms with van der Waals surface area (Å²) in [6, 6.07) is 3.53. The van der Waals surface area contributed by atoms with Crippen molar-refractivity contribution in [2.45, 2.75) is 4.90 Å². The minimum Gasteiger partial charge on any atom is -0.276 e. The van der Waals surface area contributed by atoms with Gasteiger partial charge in [0.1, 0.15) is 23.0 Å². The van der Waals surface area contributed by atoms with Crippen molar-refractivity contribution in [2.75, 3.05) is 4.72 Å². The minimum atomic E-state index is -4.87. The molecule has 4 nitrogen and oxygen atoms in total. The number of rotatable bonds is 4. The van der Waals surface area contributed by atoms with Gasteiger partial charge in [0.2, 0.25) is 0 Å². The van der Waals surface area contributed by atoms with Crippen molar-refractivity contribution >= 4 is 32.6 Å². The predicted octanol–water partition coefficient (Wildman–Crippen LogP) is 3.42. The molecular formula is C13H6ClF4NO3S. The van der Waals surface area contributed by atoms with E-state index in [1.807, 2.05) is 0 Å². The molecule has 0 heterocycles. The molecule has 2 aromatic carbocycles. The lowest BCUT2D eigenvalue weighted by molar-refractivity contribution is 0.107. The summed E-state index contributed by atoms with van der Waals surface area (Å²) in [6.45, 7) is 0. The van der Waals surface area contributed by atoms with Crippen LogP contribution in [0.15, 0.2) is 35.2 Å². The Morgan fingerprint density at radius 1 is 0.957 bits per heavy atom. The molecule has 0 aliphatic rings. The number of hydrogen-bond acceptors (Lipinski definition) is 3. The van der Waals surface area contributed by atoms with E-state index < -0.39 is 54.7 Å². The van der Waals surface area contributed by atoms with Gasteiger partial charge in [-0.1, -0.05) is 6.07 Å². The normalized spacial score (nSPS) is 11.3. The highest BCUT2D eigenvalue weighted by molar-refractivity contribution is 7.92. The van der Waals surface area contributed by atoms with Crippen LogP contribution in [-0.4, -0.2) is 13.7 Å². The maximum Gasteiger partial charge on any atom is 0.267 e. The van der Waals surface area contributed by atoms with Crippen molar-refractivity contribution in [3.05, 3.63) is 59.2 Å². The van der Waals surface area contributed by atoms with E-state index in [1.165, 1.54) is 0 Å². The largest absolute Gasteiger partial charge is 0.276 e. The molecule has 0 saturated carbocycles. The Bertz CT molecular complexity index is 882. The third kappa shape index (κ3) is 3.30. The van der Waals surface area contributed by atoms with Crippen LogP contribution in [0, 0.1) is 23.3 Å². The van der Waals surface area contributed by atoms with E-state index in [0.717, 1.165) is 6.07 Å². The number of sulfonamides is 1. The Morgan fingerprint density at radius 2 is 1.52 bits per heavy atom. The smallest absolute Gasteiger partial charge is 0.267 e. The van der Waals surface area contributed by atoms with Gasteiger partial charge in [0.15, 0.2) is 10.7 Å². The number of benzene rings is 2. The van der Waals surface area contributed by atoms with Gasteiger partial charge in [-0.05, 0) is 35.9 Å². The first-order valence-electron chi connectivity index (χ1n) is 5.80. The van der Waals surface area contributed by atoms with E-state index in [0.29, 0.717) is 24.3 Å². The van der Waals surface area contributed by atoms with E-state index in [2.05, 4.69) is 0 Å². The molecule has 0 saturated heterocycles. The standard InChI is InChI=1S/C13H6ClF4NO3S/c14-13(20)10-6(15)4-5-9(11(10)18)19-23(21,22)12-7(16)2-1-3-8(12)17/h1-5,19H. The Balaban J connectivity index is 2.55. The molecule has 0 amide bonds. The van der Waals surface area contributed by atoms with Gasteiger partial charge in [0.05, 0.1) is 5.69 Å². The van der Waals surface area contributed by atoms with Crippen molar-refractivity contribution in [1.29, 1.82) is 0 Å². The summed E-state index contributed by atoms with van der Waals surface area (Å²) in [6.07, 6.45) is 0. The second kappa shape index (κ2) is 6.17. The fourth-order valence-corrected chi connectivity index (χ4v) is 3.12. The van der Waals surface area contributed by atoms with Gasteiger partial charge in [-0.15, -0.1) is 0 Å². The summed E-state index contributed by atoms with van der Waals surface area (Å²) in [5.74, 6) is -5.74. The minimum absolute atomic E-state index is 0.578. The molecule has 0 bridgehead atoms. The fourth-order valence-electron chi connectivity index (χ4n) is 1.75. The van der Waals surface area contributed by atoms with Crippen LogP contribution in [0.2, 0.25) is 0 Å². The molecule has 2 aromatic rings. The van der Waals surface area contributed by atoms with Gasteiger partial charge < -0.3 is 0 Å². The van der Waals surface area contributed by atoms with Gasteiger partial charge in [-0.25, -0.2) is 26.0 Å². The first-order chi connectivity index (χ1) is 10.6. The highest BCUT2D eigenvalue weighted by Gasteiger charge is 2.27. The Hall–Kier alpha value is -2.13. The first kappa shape index (κ1) is 17.2. The summed E-state index contributed by atoms with van der Waals surface area (Å²) in [5.41, 5.74) is -2.08. The van der Waals surface area contributed by atoms with Crippen LogP contribution in [0.5, 0.6) is 0 Å². The number of halogens is 5. The second-order valence-electron chi connectivity index (χ2n) is 4.21. The highest BCUT2D eigenvalue weighted by atomic mass is 35.5. The molecule has 0 atom stereocenters. The Morgan fingerprint density at radius 3 is 2.04 bits per heavy atom. The third-order valence-electron chi connectivity index (χ3n) is 2.72. The summed E-state index contributed by atoms with van der Waals surface area (Å²) in [4.78, 5) is 9.63. The lowest BCUT2D eigenvalue weighted by Crippen LogP contribution is -2.18. The van der Waals surface area contributed by atoms with E-state index in [4.69, 9.17) is 11.6 Å². The molecule has 0 aliphatic heterocycles. The molecule has 23 heavy (non-hydrogen) atoms. The van der Waals surface area contributed by atoms with Crippen molar-refractivity contribution in [3.8, 4) is 0 Å². The first-order valence-corrected chi connectivity index (χ1v) is 7.66. The van der Waals surface area contributed by atoms with E-state index in [1.54, 1.807) is 4.72 Å². The molecule has 122 valence electrons. The van der Waals surface area contributed by atoms with Gasteiger partial charge in [0, 0.05) is 0 Å². The van der Waals surface area contributed by atoms with Crippen LogP contribution >= 0.6 is 11.6 Å². The highest BCUT2D eigenvalue weighted by Crippen LogP contribution is 2.26. The van der Waals surface area contributed by atoms with Crippen LogP contribution in [0.4, 0.5) is 23.2 Å². The molecule has 10 heteroatoms. The maximum atomic E-state index is 14.0. The molecule has 0 unspecified atom stereocenters. The zero-order chi connectivity index (χ0) is 17.4. The topological polar surface area (TPSA) is 63.2 Å². The maximum absolute atomic E-state index is 14.0. The molecule has 0 fully saturated rings. The van der Waals surface area contributed by atoms with Gasteiger partial charge in [-0.3, -0.25) is 9.52 Å². The molecule has 0 radical (unpaired) electrons. The summed E-state index contributed by atoms with van der Waals surface area (Å²) < 4.78 is 79.9. The van der Waals surface area contributed by atoms with Crippen molar-refractivity contribution in [3.63, 3.8) is 0 Å². The van der Waals surface area contributed by atoms with Gasteiger partial charge in [0.25, 0.3) is 15.3 Å². The summed E-state index contributed by atoms with van der Waals surface area (Å²) >= 11 is 5.01.